The zero-order valence-electron chi connectivity index (χ0n) is 8.86. The lowest BCUT2D eigenvalue weighted by atomic mass is 10.2. The standard InChI is InChI=1S/C13H8OS/c14-13-9-5-1-3-7-11(9)15-12-8-4-2-6-10(12)13/h1-8H/i1D. The molecule has 0 fully saturated rings. The predicted octanol–water partition coefficient (Wildman–Crippen LogP) is 3.41. The lowest BCUT2D eigenvalue weighted by molar-refractivity contribution is 1.75. The van der Waals surface area contributed by atoms with Crippen LogP contribution in [0, 0.1) is 0 Å². The quantitative estimate of drug-likeness (QED) is 0.523. The number of rotatable bonds is 0. The van der Waals surface area contributed by atoms with E-state index in [1.165, 1.54) is 0 Å². The van der Waals surface area contributed by atoms with Crippen LogP contribution in [0.5, 0.6) is 0 Å². The van der Waals surface area contributed by atoms with Crippen molar-refractivity contribution < 1.29 is 1.37 Å². The fourth-order valence-electron chi connectivity index (χ4n) is 1.69. The van der Waals surface area contributed by atoms with Gasteiger partial charge in [0.05, 0.1) is 1.37 Å². The van der Waals surface area contributed by atoms with Crippen molar-refractivity contribution in [3.63, 3.8) is 0 Å². The van der Waals surface area contributed by atoms with Crippen LogP contribution in [0.2, 0.25) is 0 Å². The number of benzene rings is 2. The van der Waals surface area contributed by atoms with Gasteiger partial charge in [0.2, 0.25) is 0 Å². The summed E-state index contributed by atoms with van der Waals surface area (Å²) in [6.45, 7) is 0. The maximum Gasteiger partial charge on any atom is 0.195 e. The van der Waals surface area contributed by atoms with Crippen LogP contribution in [0.15, 0.2) is 53.3 Å². The minimum absolute atomic E-state index is 0.0263. The summed E-state index contributed by atoms with van der Waals surface area (Å²) in [4.78, 5) is 12.2. The van der Waals surface area contributed by atoms with Crippen molar-refractivity contribution in [3.8, 4) is 0 Å². The van der Waals surface area contributed by atoms with E-state index in [2.05, 4.69) is 0 Å². The summed E-state index contributed by atoms with van der Waals surface area (Å²) in [6.07, 6.45) is 0. The Morgan fingerprint density at radius 1 is 0.933 bits per heavy atom. The highest BCUT2D eigenvalue weighted by Gasteiger charge is 2.03. The molecule has 0 spiro atoms. The van der Waals surface area contributed by atoms with Crippen LogP contribution in [-0.2, 0) is 0 Å². The first-order valence-corrected chi connectivity index (χ1v) is 5.49. The van der Waals surface area contributed by atoms with Crippen molar-refractivity contribution in [3.05, 3.63) is 58.7 Å². The topological polar surface area (TPSA) is 17.1 Å². The van der Waals surface area contributed by atoms with Crippen LogP contribution in [0.1, 0.15) is 1.37 Å². The van der Waals surface area contributed by atoms with E-state index in [-0.39, 0.29) is 5.43 Å². The van der Waals surface area contributed by atoms with Crippen LogP contribution in [0.4, 0.5) is 0 Å². The van der Waals surface area contributed by atoms with Crippen LogP contribution >= 0.6 is 11.3 Å². The van der Waals surface area contributed by atoms with E-state index in [0.717, 1.165) is 14.8 Å². The van der Waals surface area contributed by atoms with Crippen molar-refractivity contribution in [2.24, 2.45) is 0 Å². The maximum absolute atomic E-state index is 12.2. The number of hydrogen-bond acceptors (Lipinski definition) is 2. The van der Waals surface area contributed by atoms with Gasteiger partial charge in [0, 0.05) is 20.2 Å². The van der Waals surface area contributed by atoms with Gasteiger partial charge in [-0.3, -0.25) is 4.79 Å². The van der Waals surface area contributed by atoms with Crippen LogP contribution in [-0.4, -0.2) is 0 Å². The molecule has 2 aromatic carbocycles. The fraction of sp³-hybridized carbons (Fsp3) is 0. The molecule has 0 unspecified atom stereocenters. The molecule has 1 heterocycles. The van der Waals surface area contributed by atoms with E-state index in [1.807, 2.05) is 30.3 Å². The molecule has 0 aliphatic rings. The Morgan fingerprint density at radius 2 is 1.60 bits per heavy atom. The monoisotopic (exact) mass is 213 g/mol. The normalized spacial score (nSPS) is 11.9. The van der Waals surface area contributed by atoms with Gasteiger partial charge in [0.1, 0.15) is 0 Å². The molecule has 72 valence electrons. The summed E-state index contributed by atoms with van der Waals surface area (Å²) in [7, 11) is 0. The van der Waals surface area contributed by atoms with Crippen LogP contribution in [0.25, 0.3) is 20.2 Å². The highest BCUT2D eigenvalue weighted by molar-refractivity contribution is 7.24. The molecule has 0 amide bonds. The largest absolute Gasteiger partial charge is 0.289 e. The summed E-state index contributed by atoms with van der Waals surface area (Å²) in [6, 6.07) is 13.2. The minimum Gasteiger partial charge on any atom is -0.289 e. The molecule has 0 radical (unpaired) electrons. The lowest BCUT2D eigenvalue weighted by Gasteiger charge is -1.99. The SMILES string of the molecule is [2H]c1ccc2sc3ccccc3c(=O)c2c1. The molecule has 1 nitrogen and oxygen atoms in total. The van der Waals surface area contributed by atoms with Crippen molar-refractivity contribution in [2.75, 3.05) is 0 Å². The molecule has 2 heteroatoms. The van der Waals surface area contributed by atoms with E-state index in [9.17, 15) is 4.79 Å². The van der Waals surface area contributed by atoms with Gasteiger partial charge in [0.15, 0.2) is 5.43 Å². The molecule has 0 atom stereocenters. The minimum atomic E-state index is 0.0263. The molecule has 3 rings (SSSR count). The molecule has 0 aliphatic heterocycles. The Hall–Kier alpha value is -1.67. The molecule has 1 aromatic heterocycles. The van der Waals surface area contributed by atoms with Crippen molar-refractivity contribution in [2.45, 2.75) is 0 Å². The fourth-order valence-corrected chi connectivity index (χ4v) is 2.74. The Labute approximate surface area is 92.0 Å². The molecule has 0 N–H and O–H groups in total. The Morgan fingerprint density at radius 3 is 2.47 bits per heavy atom. The zero-order valence-corrected chi connectivity index (χ0v) is 8.67. The molecular weight excluding hydrogens is 204 g/mol. The van der Waals surface area contributed by atoms with E-state index in [4.69, 9.17) is 1.37 Å². The molecular formula is C13H8OS. The highest BCUT2D eigenvalue weighted by atomic mass is 32.1. The van der Waals surface area contributed by atoms with Crippen molar-refractivity contribution >= 4 is 31.5 Å². The average Bonchev–Trinajstić information content (AvgIpc) is 2.31. The smallest absolute Gasteiger partial charge is 0.195 e. The molecule has 3 aromatic rings. The van der Waals surface area contributed by atoms with E-state index in [0.29, 0.717) is 11.4 Å². The Balaban J connectivity index is 2.61. The summed E-state index contributed by atoms with van der Waals surface area (Å²) in [5.74, 6) is 0. The van der Waals surface area contributed by atoms with Gasteiger partial charge in [-0.05, 0) is 24.3 Å². The summed E-state index contributed by atoms with van der Waals surface area (Å²) >= 11 is 1.59. The second-order valence-corrected chi connectivity index (χ2v) is 4.43. The van der Waals surface area contributed by atoms with Gasteiger partial charge in [0.25, 0.3) is 0 Å². The predicted molar refractivity (Wildman–Crippen MR) is 65.6 cm³/mol. The van der Waals surface area contributed by atoms with Gasteiger partial charge in [-0.2, -0.15) is 0 Å². The second kappa shape index (κ2) is 3.17. The summed E-state index contributed by atoms with van der Waals surface area (Å²) < 4.78 is 9.49. The first kappa shape index (κ1) is 7.60. The average molecular weight is 213 g/mol. The molecule has 0 saturated carbocycles. The van der Waals surface area contributed by atoms with Gasteiger partial charge in [-0.25, -0.2) is 0 Å². The van der Waals surface area contributed by atoms with Gasteiger partial charge >= 0.3 is 0 Å². The summed E-state index contributed by atoms with van der Waals surface area (Å²) in [5, 5.41) is 1.39. The van der Waals surface area contributed by atoms with Gasteiger partial charge in [-0.1, -0.05) is 24.2 Å². The third-order valence-corrected chi connectivity index (χ3v) is 3.57. The van der Waals surface area contributed by atoms with Crippen molar-refractivity contribution in [1.29, 1.82) is 0 Å². The third kappa shape index (κ3) is 1.26. The molecule has 0 aliphatic carbocycles. The molecule has 0 saturated heterocycles. The zero-order chi connectivity index (χ0) is 11.1. The number of hydrogen-bond donors (Lipinski definition) is 0. The maximum atomic E-state index is 12.2. The van der Waals surface area contributed by atoms with Crippen LogP contribution < -0.4 is 5.43 Å². The van der Waals surface area contributed by atoms with E-state index < -0.39 is 0 Å². The van der Waals surface area contributed by atoms with Crippen LogP contribution in [0.3, 0.4) is 0 Å². The highest BCUT2D eigenvalue weighted by Crippen LogP contribution is 2.23. The second-order valence-electron chi connectivity index (χ2n) is 3.35. The molecule has 15 heavy (non-hydrogen) atoms. The lowest BCUT2D eigenvalue weighted by Crippen LogP contribution is -1.99. The first-order valence-electron chi connectivity index (χ1n) is 5.18. The first-order chi connectivity index (χ1) is 7.75. The van der Waals surface area contributed by atoms with Gasteiger partial charge < -0.3 is 0 Å². The van der Waals surface area contributed by atoms with E-state index >= 15 is 0 Å². The summed E-state index contributed by atoms with van der Waals surface area (Å²) in [5.41, 5.74) is 0.0263. The van der Waals surface area contributed by atoms with E-state index in [1.54, 1.807) is 23.5 Å². The number of fused-ring (bicyclic) bond motifs is 2. The Bertz CT molecular complexity index is 746. The van der Waals surface area contributed by atoms with Crippen molar-refractivity contribution in [1.82, 2.24) is 0 Å². The van der Waals surface area contributed by atoms with Gasteiger partial charge in [-0.15, -0.1) is 11.3 Å². The Kier molecular flexibility index (Phi) is 1.61. The molecule has 0 bridgehead atoms. The third-order valence-electron chi connectivity index (χ3n) is 2.42.